The highest BCUT2D eigenvalue weighted by atomic mass is 16.5. The molecule has 2 aromatic rings. The van der Waals surface area contributed by atoms with Gasteiger partial charge in [0.05, 0.1) is 26.5 Å². The molecule has 1 unspecified atom stereocenters. The predicted molar refractivity (Wildman–Crippen MR) is 104 cm³/mol. The predicted octanol–water partition coefficient (Wildman–Crippen LogP) is 4.01. The quantitative estimate of drug-likeness (QED) is 0.828. The van der Waals surface area contributed by atoms with Gasteiger partial charge in [0.15, 0.2) is 11.5 Å². The van der Waals surface area contributed by atoms with E-state index in [1.165, 1.54) is 12.8 Å². The number of aliphatic hydroxyl groups excluding tert-OH is 1. The first-order valence-electron chi connectivity index (χ1n) is 9.76. The van der Waals surface area contributed by atoms with E-state index >= 15 is 0 Å². The lowest BCUT2D eigenvalue weighted by Gasteiger charge is -2.37. The van der Waals surface area contributed by atoms with Crippen molar-refractivity contribution in [3.8, 4) is 11.5 Å². The number of hydrogen-bond donors (Lipinski definition) is 1. The van der Waals surface area contributed by atoms with Gasteiger partial charge in [-0.1, -0.05) is 38.5 Å². The van der Waals surface area contributed by atoms with Crippen LogP contribution in [0.4, 0.5) is 0 Å². The Kier molecular flexibility index (Phi) is 6.05. The summed E-state index contributed by atoms with van der Waals surface area (Å²) >= 11 is 0. The van der Waals surface area contributed by atoms with Gasteiger partial charge in [0, 0.05) is 0 Å². The van der Waals surface area contributed by atoms with Crippen molar-refractivity contribution in [3.63, 3.8) is 0 Å². The summed E-state index contributed by atoms with van der Waals surface area (Å²) in [6, 6.07) is 5.74. The van der Waals surface area contributed by atoms with Gasteiger partial charge in [0.25, 0.3) is 0 Å². The first kappa shape index (κ1) is 19.7. The lowest BCUT2D eigenvalue weighted by molar-refractivity contribution is 0.137. The molecule has 0 amide bonds. The zero-order valence-corrected chi connectivity index (χ0v) is 16.9. The van der Waals surface area contributed by atoms with E-state index in [-0.39, 0.29) is 0 Å². The van der Waals surface area contributed by atoms with Crippen LogP contribution < -0.4 is 9.47 Å². The van der Waals surface area contributed by atoms with Gasteiger partial charge in [-0.25, -0.2) is 4.68 Å². The Morgan fingerprint density at radius 2 is 1.89 bits per heavy atom. The van der Waals surface area contributed by atoms with Gasteiger partial charge >= 0.3 is 0 Å². The lowest BCUT2D eigenvalue weighted by Crippen LogP contribution is -2.30. The maximum Gasteiger partial charge on any atom is 0.161 e. The minimum Gasteiger partial charge on any atom is -0.493 e. The van der Waals surface area contributed by atoms with Gasteiger partial charge in [-0.15, -0.1) is 5.10 Å². The second-order valence-electron chi connectivity index (χ2n) is 8.03. The third-order valence-corrected chi connectivity index (χ3v) is 5.86. The van der Waals surface area contributed by atoms with E-state index in [4.69, 9.17) is 9.47 Å². The van der Waals surface area contributed by atoms with Crippen molar-refractivity contribution in [2.45, 2.75) is 52.2 Å². The van der Waals surface area contributed by atoms with Gasteiger partial charge in [-0.05, 0) is 48.3 Å². The minimum atomic E-state index is -0.850. The number of aromatic nitrogens is 3. The Morgan fingerprint density at radius 3 is 2.56 bits per heavy atom. The average molecular weight is 373 g/mol. The topological polar surface area (TPSA) is 69.4 Å². The molecule has 1 aliphatic carbocycles. The molecular weight excluding hydrogens is 342 g/mol. The fraction of sp³-hybridized carbons (Fsp3) is 0.619. The monoisotopic (exact) mass is 373 g/mol. The third kappa shape index (κ3) is 4.10. The van der Waals surface area contributed by atoms with Crippen molar-refractivity contribution in [2.24, 2.45) is 17.8 Å². The molecule has 0 bridgehead atoms. The Labute approximate surface area is 161 Å². The smallest absolute Gasteiger partial charge is 0.161 e. The molecule has 1 saturated carbocycles. The van der Waals surface area contributed by atoms with Crippen LogP contribution in [0.2, 0.25) is 0 Å². The summed E-state index contributed by atoms with van der Waals surface area (Å²) in [4.78, 5) is 0. The van der Waals surface area contributed by atoms with Crippen molar-refractivity contribution >= 4 is 0 Å². The van der Waals surface area contributed by atoms with Gasteiger partial charge in [-0.3, -0.25) is 0 Å². The van der Waals surface area contributed by atoms with Gasteiger partial charge in [0.2, 0.25) is 0 Å². The second-order valence-corrected chi connectivity index (χ2v) is 8.03. The van der Waals surface area contributed by atoms with E-state index in [1.54, 1.807) is 26.4 Å². The molecule has 0 saturated heterocycles. The van der Waals surface area contributed by atoms with Crippen molar-refractivity contribution in [3.05, 3.63) is 35.7 Å². The highest BCUT2D eigenvalue weighted by Crippen LogP contribution is 2.41. The standard InChI is InChI=1S/C21H31N3O3/c1-13(2)16-8-6-14(3)10-18(16)24-12-17(22-23-24)21(25)15-7-9-19(26-4)20(11-15)27-5/h7,9,11-14,16,18,21,25H,6,8,10H2,1-5H3/t14-,16+,18-,21?/m1/s1. The number of benzene rings is 1. The number of ether oxygens (including phenoxy) is 2. The molecule has 1 heterocycles. The van der Waals surface area contributed by atoms with Crippen molar-refractivity contribution in [1.82, 2.24) is 15.0 Å². The number of nitrogens with zero attached hydrogens (tertiary/aromatic N) is 3. The van der Waals surface area contributed by atoms with E-state index < -0.39 is 6.10 Å². The fourth-order valence-electron chi connectivity index (χ4n) is 4.23. The molecule has 1 aliphatic rings. The van der Waals surface area contributed by atoms with Crippen LogP contribution in [-0.2, 0) is 0 Å². The summed E-state index contributed by atoms with van der Waals surface area (Å²) in [5, 5.41) is 19.5. The first-order chi connectivity index (χ1) is 12.9. The SMILES string of the molecule is COc1ccc(C(O)c2cn([C@@H]3C[C@H](C)CC[C@H]3C(C)C)nn2)cc1OC. The molecule has 1 aromatic carbocycles. The first-order valence-corrected chi connectivity index (χ1v) is 9.76. The highest BCUT2D eigenvalue weighted by molar-refractivity contribution is 5.44. The molecule has 6 nitrogen and oxygen atoms in total. The van der Waals surface area contributed by atoms with E-state index in [0.717, 1.165) is 6.42 Å². The maximum atomic E-state index is 10.8. The zero-order chi connectivity index (χ0) is 19.6. The van der Waals surface area contributed by atoms with Gasteiger partial charge < -0.3 is 14.6 Å². The largest absolute Gasteiger partial charge is 0.493 e. The molecule has 1 fully saturated rings. The molecule has 0 radical (unpaired) electrons. The van der Waals surface area contributed by atoms with Crippen LogP contribution in [0.25, 0.3) is 0 Å². The third-order valence-electron chi connectivity index (χ3n) is 5.86. The summed E-state index contributed by atoms with van der Waals surface area (Å²) in [6.07, 6.45) is 4.65. The molecule has 148 valence electrons. The molecule has 1 N–H and O–H groups in total. The van der Waals surface area contributed by atoms with Crippen LogP contribution in [0, 0.1) is 17.8 Å². The molecule has 6 heteroatoms. The molecule has 0 spiro atoms. The van der Waals surface area contributed by atoms with Crippen LogP contribution in [0.3, 0.4) is 0 Å². The molecule has 27 heavy (non-hydrogen) atoms. The lowest BCUT2D eigenvalue weighted by atomic mass is 9.74. The van der Waals surface area contributed by atoms with Crippen LogP contribution in [-0.4, -0.2) is 34.3 Å². The number of rotatable bonds is 6. The van der Waals surface area contributed by atoms with Gasteiger partial charge in [-0.2, -0.15) is 0 Å². The Bertz CT molecular complexity index is 759. The van der Waals surface area contributed by atoms with E-state index in [0.29, 0.717) is 46.6 Å². The Hall–Kier alpha value is -2.08. The van der Waals surface area contributed by atoms with Crippen LogP contribution in [0.1, 0.15) is 63.4 Å². The summed E-state index contributed by atoms with van der Waals surface area (Å²) in [5.41, 5.74) is 1.26. The van der Waals surface area contributed by atoms with Crippen LogP contribution >= 0.6 is 0 Å². The number of aliphatic hydroxyl groups is 1. The van der Waals surface area contributed by atoms with Crippen molar-refractivity contribution in [1.29, 1.82) is 0 Å². The molecular formula is C21H31N3O3. The molecule has 0 aliphatic heterocycles. The van der Waals surface area contributed by atoms with E-state index in [1.807, 2.05) is 16.9 Å². The summed E-state index contributed by atoms with van der Waals surface area (Å²) in [6.45, 7) is 6.87. The summed E-state index contributed by atoms with van der Waals surface area (Å²) < 4.78 is 12.6. The maximum absolute atomic E-state index is 10.8. The van der Waals surface area contributed by atoms with E-state index in [9.17, 15) is 5.11 Å². The Morgan fingerprint density at radius 1 is 1.15 bits per heavy atom. The van der Waals surface area contributed by atoms with Crippen molar-refractivity contribution in [2.75, 3.05) is 14.2 Å². The summed E-state index contributed by atoms with van der Waals surface area (Å²) in [7, 11) is 3.18. The van der Waals surface area contributed by atoms with Crippen LogP contribution in [0.15, 0.2) is 24.4 Å². The van der Waals surface area contributed by atoms with Gasteiger partial charge in [0.1, 0.15) is 11.8 Å². The Balaban J connectivity index is 1.84. The number of methoxy groups -OCH3 is 2. The average Bonchev–Trinajstić information content (AvgIpc) is 3.16. The van der Waals surface area contributed by atoms with E-state index in [2.05, 4.69) is 31.1 Å². The minimum absolute atomic E-state index is 0.340. The second kappa shape index (κ2) is 8.30. The number of hydrogen-bond acceptors (Lipinski definition) is 5. The zero-order valence-electron chi connectivity index (χ0n) is 16.9. The van der Waals surface area contributed by atoms with Crippen molar-refractivity contribution < 1.29 is 14.6 Å². The highest BCUT2D eigenvalue weighted by Gasteiger charge is 2.33. The molecule has 1 aromatic heterocycles. The molecule has 3 rings (SSSR count). The fourth-order valence-corrected chi connectivity index (χ4v) is 4.23. The van der Waals surface area contributed by atoms with Crippen LogP contribution in [0.5, 0.6) is 11.5 Å². The molecule has 4 atom stereocenters. The summed E-state index contributed by atoms with van der Waals surface area (Å²) in [5.74, 6) is 3.10. The normalized spacial score (nSPS) is 24.0.